The molecule has 21 heavy (non-hydrogen) atoms. The zero-order valence-electron chi connectivity index (χ0n) is 12.2. The summed E-state index contributed by atoms with van der Waals surface area (Å²) in [6.07, 6.45) is 0.754. The van der Waals surface area contributed by atoms with E-state index in [0.717, 1.165) is 17.0 Å². The molecule has 8 heteroatoms. The summed E-state index contributed by atoms with van der Waals surface area (Å²) in [6.45, 7) is 6.49. The molecule has 0 spiro atoms. The van der Waals surface area contributed by atoms with Crippen LogP contribution in [-0.4, -0.2) is 28.0 Å². The van der Waals surface area contributed by atoms with Gasteiger partial charge in [0.25, 0.3) is 5.91 Å². The lowest BCUT2D eigenvalue weighted by molar-refractivity contribution is -0.133. The maximum absolute atomic E-state index is 11.7. The van der Waals surface area contributed by atoms with Crippen LogP contribution in [0.4, 0.5) is 9.93 Å². The van der Waals surface area contributed by atoms with Crippen LogP contribution in [-0.2, 0) is 16.0 Å². The van der Waals surface area contributed by atoms with E-state index in [1.807, 2.05) is 13.8 Å². The number of hydrogen-bond acceptors (Lipinski definition) is 5. The minimum atomic E-state index is -1.20. The number of aryl methyl sites for hydroxylation is 2. The van der Waals surface area contributed by atoms with Gasteiger partial charge in [-0.2, -0.15) is 0 Å². The molecular weight excluding hydrogens is 294 g/mol. The van der Waals surface area contributed by atoms with E-state index in [-0.39, 0.29) is 11.1 Å². The summed E-state index contributed by atoms with van der Waals surface area (Å²) < 4.78 is 0. The van der Waals surface area contributed by atoms with Crippen molar-refractivity contribution in [3.8, 4) is 0 Å². The van der Waals surface area contributed by atoms with Crippen LogP contribution < -0.4 is 10.6 Å². The predicted molar refractivity (Wildman–Crippen MR) is 79.4 cm³/mol. The van der Waals surface area contributed by atoms with E-state index in [9.17, 15) is 14.4 Å². The van der Waals surface area contributed by atoms with Crippen molar-refractivity contribution in [2.45, 2.75) is 34.1 Å². The number of carbonyl (C=O) groups excluding carboxylic acids is 2. The first-order chi connectivity index (χ1) is 9.76. The minimum absolute atomic E-state index is 0.0257. The molecule has 1 aromatic heterocycles. The van der Waals surface area contributed by atoms with Crippen LogP contribution >= 0.6 is 11.3 Å². The normalized spacial score (nSPS) is 11.6. The Kier molecular flexibility index (Phi) is 5.60. The number of hydrogen-bond donors (Lipinski definition) is 3. The van der Waals surface area contributed by atoms with Gasteiger partial charge in [-0.05, 0) is 27.2 Å². The van der Waals surface area contributed by atoms with Crippen LogP contribution in [0, 0.1) is 6.92 Å². The number of carboxylic acids is 1. The summed E-state index contributed by atoms with van der Waals surface area (Å²) in [5.74, 6) is -1.96. The van der Waals surface area contributed by atoms with E-state index in [0.29, 0.717) is 5.13 Å². The van der Waals surface area contributed by atoms with Gasteiger partial charge in [-0.3, -0.25) is 15.4 Å². The molecule has 0 saturated carbocycles. The van der Waals surface area contributed by atoms with Gasteiger partial charge < -0.3 is 5.11 Å². The van der Waals surface area contributed by atoms with Gasteiger partial charge in [0.2, 0.25) is 0 Å². The first-order valence-electron chi connectivity index (χ1n) is 6.25. The van der Waals surface area contributed by atoms with Gasteiger partial charge in [-0.1, -0.05) is 6.92 Å². The van der Waals surface area contributed by atoms with Crippen LogP contribution in [0.15, 0.2) is 11.1 Å². The Morgan fingerprint density at radius 3 is 2.33 bits per heavy atom. The molecule has 3 N–H and O–H groups in total. The number of urea groups is 1. The first-order valence-corrected chi connectivity index (χ1v) is 7.07. The number of amides is 3. The molecule has 0 saturated heterocycles. The molecule has 0 aromatic carbocycles. The number of nitrogens with zero attached hydrogens (tertiary/aromatic N) is 1. The smallest absolute Gasteiger partial charge is 0.331 e. The number of anilines is 1. The maximum Gasteiger partial charge on any atom is 0.331 e. The highest BCUT2D eigenvalue weighted by molar-refractivity contribution is 7.15. The number of carbonyl (C=O) groups is 3. The second kappa shape index (κ2) is 6.98. The Bertz CT molecular complexity index is 619. The largest absolute Gasteiger partial charge is 0.478 e. The van der Waals surface area contributed by atoms with Crippen LogP contribution in [0.2, 0.25) is 0 Å². The van der Waals surface area contributed by atoms with Crippen molar-refractivity contribution >= 4 is 34.4 Å². The Morgan fingerprint density at radius 1 is 1.24 bits per heavy atom. The van der Waals surface area contributed by atoms with Gasteiger partial charge in [0.1, 0.15) is 0 Å². The molecule has 0 atom stereocenters. The van der Waals surface area contributed by atoms with Crippen molar-refractivity contribution in [1.82, 2.24) is 10.3 Å². The quantitative estimate of drug-likeness (QED) is 0.738. The number of nitrogens with one attached hydrogen (secondary N) is 2. The highest BCUT2D eigenvalue weighted by Crippen LogP contribution is 2.22. The summed E-state index contributed by atoms with van der Waals surface area (Å²) in [4.78, 5) is 39.3. The zero-order valence-corrected chi connectivity index (χ0v) is 13.1. The van der Waals surface area contributed by atoms with Gasteiger partial charge in [0, 0.05) is 16.0 Å². The highest BCUT2D eigenvalue weighted by atomic mass is 32.1. The lowest BCUT2D eigenvalue weighted by Crippen LogP contribution is -2.35. The molecule has 1 heterocycles. The third-order valence-electron chi connectivity index (χ3n) is 2.90. The Balaban J connectivity index is 2.71. The molecule has 3 amide bonds. The molecule has 1 aromatic rings. The van der Waals surface area contributed by atoms with E-state index < -0.39 is 17.9 Å². The van der Waals surface area contributed by atoms with Gasteiger partial charge in [-0.15, -0.1) is 11.3 Å². The maximum atomic E-state index is 11.7. The van der Waals surface area contributed by atoms with E-state index >= 15 is 0 Å². The summed E-state index contributed by atoms with van der Waals surface area (Å²) in [5, 5.41) is 13.7. The van der Waals surface area contributed by atoms with Crippen LogP contribution in [0.3, 0.4) is 0 Å². The monoisotopic (exact) mass is 311 g/mol. The van der Waals surface area contributed by atoms with Crippen molar-refractivity contribution in [2.24, 2.45) is 0 Å². The molecule has 0 radical (unpaired) electrons. The molecular formula is C13H17N3O4S. The minimum Gasteiger partial charge on any atom is -0.478 e. The van der Waals surface area contributed by atoms with Crippen molar-refractivity contribution in [1.29, 1.82) is 0 Å². The fraction of sp³-hybridized carbons (Fsp3) is 0.385. The predicted octanol–water partition coefficient (Wildman–Crippen LogP) is 2.08. The lowest BCUT2D eigenvalue weighted by atomic mass is 10.1. The Morgan fingerprint density at radius 2 is 1.86 bits per heavy atom. The molecule has 0 unspecified atom stereocenters. The lowest BCUT2D eigenvalue weighted by Gasteiger charge is -2.06. The summed E-state index contributed by atoms with van der Waals surface area (Å²) in [6, 6.07) is -0.742. The van der Waals surface area contributed by atoms with Crippen molar-refractivity contribution < 1.29 is 19.5 Å². The average Bonchev–Trinajstić information content (AvgIpc) is 2.76. The van der Waals surface area contributed by atoms with Crippen molar-refractivity contribution in [3.63, 3.8) is 0 Å². The van der Waals surface area contributed by atoms with Crippen LogP contribution in [0.25, 0.3) is 0 Å². The van der Waals surface area contributed by atoms with Crippen LogP contribution in [0.1, 0.15) is 31.3 Å². The molecule has 114 valence electrons. The zero-order chi connectivity index (χ0) is 16.2. The fourth-order valence-corrected chi connectivity index (χ4v) is 2.36. The molecule has 7 nitrogen and oxygen atoms in total. The summed E-state index contributed by atoms with van der Waals surface area (Å²) in [7, 11) is 0. The van der Waals surface area contributed by atoms with Gasteiger partial charge in [0.05, 0.1) is 5.69 Å². The second-order valence-electron chi connectivity index (χ2n) is 4.34. The number of imide groups is 1. The molecule has 0 aliphatic heterocycles. The Labute approximate surface area is 126 Å². The number of carboxylic acid groups (broad SMARTS) is 1. The number of aromatic nitrogens is 1. The highest BCUT2D eigenvalue weighted by Gasteiger charge is 2.16. The van der Waals surface area contributed by atoms with E-state index in [1.54, 1.807) is 0 Å². The number of rotatable bonds is 4. The standard InChI is InChI=1S/C13H17N3O4S/c1-5-9-8(4)21-13(14-9)16-12(20)15-10(17)6(2)7(3)11(18)19/h5H2,1-4H3,(H,18,19)(H2,14,15,16,17,20). The summed E-state index contributed by atoms with van der Waals surface area (Å²) >= 11 is 1.31. The van der Waals surface area contributed by atoms with E-state index in [1.165, 1.54) is 25.2 Å². The van der Waals surface area contributed by atoms with Gasteiger partial charge in [-0.25, -0.2) is 14.6 Å². The average molecular weight is 311 g/mol. The Hall–Kier alpha value is -2.22. The van der Waals surface area contributed by atoms with E-state index in [4.69, 9.17) is 5.11 Å². The third-order valence-corrected chi connectivity index (χ3v) is 3.83. The molecule has 0 aliphatic carbocycles. The van der Waals surface area contributed by atoms with Crippen LogP contribution in [0.5, 0.6) is 0 Å². The first kappa shape index (κ1) is 16.8. The fourth-order valence-electron chi connectivity index (χ4n) is 1.47. The van der Waals surface area contributed by atoms with E-state index in [2.05, 4.69) is 15.6 Å². The SMILES string of the molecule is CCc1nc(NC(=O)NC(=O)C(C)=C(C)C(=O)O)sc1C. The second-order valence-corrected chi connectivity index (χ2v) is 5.54. The molecule has 0 fully saturated rings. The van der Waals surface area contributed by atoms with Crippen molar-refractivity contribution in [3.05, 3.63) is 21.7 Å². The van der Waals surface area contributed by atoms with Gasteiger partial charge >= 0.3 is 12.0 Å². The van der Waals surface area contributed by atoms with Gasteiger partial charge in [0.15, 0.2) is 5.13 Å². The number of thiazole rings is 1. The molecule has 0 bridgehead atoms. The summed E-state index contributed by atoms with van der Waals surface area (Å²) in [5.41, 5.74) is 0.750. The third kappa shape index (κ3) is 4.38. The van der Waals surface area contributed by atoms with Crippen molar-refractivity contribution in [2.75, 3.05) is 5.32 Å². The number of aliphatic carboxylic acids is 1. The molecule has 0 aliphatic rings. The topological polar surface area (TPSA) is 108 Å². The molecule has 1 rings (SSSR count).